The highest BCUT2D eigenvalue weighted by Gasteiger charge is 2.39. The standard InChI is InChI=1S/C19H28O2/c1-3-21-19-6-4-5-15-11-17-14(8-7-13(2)20)9-10-16(17)12-18(15)19/h4-6,13-14,16-17,20H,3,7-12H2,1-2H3. The first kappa shape index (κ1) is 14.9. The Morgan fingerprint density at radius 2 is 2.14 bits per heavy atom. The maximum absolute atomic E-state index is 9.55. The van der Waals surface area contributed by atoms with Crippen molar-refractivity contribution in [3.8, 4) is 5.75 Å². The SMILES string of the molecule is CCOc1cccc2c1CC1CCC(CCC(C)O)C1C2. The summed E-state index contributed by atoms with van der Waals surface area (Å²) in [6.07, 6.45) is 7.12. The van der Waals surface area contributed by atoms with Crippen LogP contribution in [0.1, 0.15) is 50.7 Å². The first-order valence-electron chi connectivity index (χ1n) is 8.60. The molecule has 2 nitrogen and oxygen atoms in total. The molecular formula is C19H28O2. The van der Waals surface area contributed by atoms with E-state index in [1.54, 1.807) is 0 Å². The van der Waals surface area contributed by atoms with Gasteiger partial charge in [0.1, 0.15) is 5.75 Å². The van der Waals surface area contributed by atoms with Gasteiger partial charge in [-0.25, -0.2) is 0 Å². The van der Waals surface area contributed by atoms with E-state index in [-0.39, 0.29) is 6.10 Å². The van der Waals surface area contributed by atoms with Gasteiger partial charge in [-0.1, -0.05) is 12.1 Å². The first-order valence-corrected chi connectivity index (χ1v) is 8.60. The van der Waals surface area contributed by atoms with Gasteiger partial charge in [-0.15, -0.1) is 0 Å². The van der Waals surface area contributed by atoms with Crippen LogP contribution in [0.15, 0.2) is 18.2 Å². The van der Waals surface area contributed by atoms with Crippen molar-refractivity contribution >= 4 is 0 Å². The summed E-state index contributed by atoms with van der Waals surface area (Å²) in [6.45, 7) is 4.73. The summed E-state index contributed by atoms with van der Waals surface area (Å²) in [4.78, 5) is 0. The topological polar surface area (TPSA) is 29.5 Å². The molecule has 0 radical (unpaired) electrons. The molecular weight excluding hydrogens is 260 g/mol. The lowest BCUT2D eigenvalue weighted by atomic mass is 9.73. The van der Waals surface area contributed by atoms with Gasteiger partial charge in [-0.2, -0.15) is 0 Å². The molecule has 0 aromatic heterocycles. The summed E-state index contributed by atoms with van der Waals surface area (Å²) in [5.41, 5.74) is 2.97. The molecule has 0 spiro atoms. The number of ether oxygens (including phenoxy) is 1. The molecule has 3 rings (SSSR count). The predicted octanol–water partition coefficient (Wildman–Crippen LogP) is 3.99. The number of fused-ring (bicyclic) bond motifs is 2. The van der Waals surface area contributed by atoms with E-state index in [2.05, 4.69) is 25.1 Å². The van der Waals surface area contributed by atoms with Crippen LogP contribution in [-0.2, 0) is 12.8 Å². The maximum atomic E-state index is 9.55. The van der Waals surface area contributed by atoms with Crippen LogP contribution in [0.25, 0.3) is 0 Å². The van der Waals surface area contributed by atoms with E-state index in [4.69, 9.17) is 4.74 Å². The van der Waals surface area contributed by atoms with Gasteiger partial charge >= 0.3 is 0 Å². The van der Waals surface area contributed by atoms with E-state index in [0.29, 0.717) is 0 Å². The van der Waals surface area contributed by atoms with Gasteiger partial charge in [0, 0.05) is 0 Å². The van der Waals surface area contributed by atoms with E-state index < -0.39 is 0 Å². The van der Waals surface area contributed by atoms with Gasteiger partial charge < -0.3 is 9.84 Å². The lowest BCUT2D eigenvalue weighted by molar-refractivity contribution is 0.163. The molecule has 116 valence electrons. The molecule has 1 fully saturated rings. The van der Waals surface area contributed by atoms with Crippen molar-refractivity contribution in [2.45, 2.75) is 58.5 Å². The monoisotopic (exact) mass is 288 g/mol. The Hall–Kier alpha value is -1.02. The molecule has 2 heteroatoms. The number of benzene rings is 1. The van der Waals surface area contributed by atoms with Crippen LogP contribution in [0.4, 0.5) is 0 Å². The van der Waals surface area contributed by atoms with Crippen LogP contribution in [0.5, 0.6) is 5.75 Å². The zero-order valence-corrected chi connectivity index (χ0v) is 13.3. The van der Waals surface area contributed by atoms with Crippen LogP contribution in [0.2, 0.25) is 0 Å². The molecule has 1 saturated carbocycles. The minimum atomic E-state index is -0.149. The predicted molar refractivity (Wildman–Crippen MR) is 85.6 cm³/mol. The van der Waals surface area contributed by atoms with Crippen LogP contribution in [0.3, 0.4) is 0 Å². The molecule has 21 heavy (non-hydrogen) atoms. The van der Waals surface area contributed by atoms with Gasteiger partial charge in [0.15, 0.2) is 0 Å². The second-order valence-corrected chi connectivity index (χ2v) is 6.92. The van der Waals surface area contributed by atoms with Crippen molar-refractivity contribution in [1.82, 2.24) is 0 Å². The molecule has 2 aliphatic rings. The van der Waals surface area contributed by atoms with Crippen LogP contribution in [0, 0.1) is 17.8 Å². The van der Waals surface area contributed by atoms with Crippen LogP contribution >= 0.6 is 0 Å². The minimum Gasteiger partial charge on any atom is -0.494 e. The average molecular weight is 288 g/mol. The number of hydrogen-bond acceptors (Lipinski definition) is 2. The smallest absolute Gasteiger partial charge is 0.122 e. The van der Waals surface area contributed by atoms with E-state index >= 15 is 0 Å². The van der Waals surface area contributed by atoms with Crippen LogP contribution < -0.4 is 4.74 Å². The minimum absolute atomic E-state index is 0.149. The van der Waals surface area contributed by atoms with Gasteiger partial charge in [0.05, 0.1) is 12.7 Å². The fourth-order valence-electron chi connectivity index (χ4n) is 4.48. The molecule has 0 bridgehead atoms. The van der Waals surface area contributed by atoms with E-state index in [1.807, 2.05) is 6.92 Å². The zero-order chi connectivity index (χ0) is 14.8. The highest BCUT2D eigenvalue weighted by molar-refractivity contribution is 5.42. The molecule has 0 heterocycles. The summed E-state index contributed by atoms with van der Waals surface area (Å²) >= 11 is 0. The van der Waals surface area contributed by atoms with Crippen molar-refractivity contribution in [2.24, 2.45) is 17.8 Å². The number of rotatable bonds is 5. The van der Waals surface area contributed by atoms with Gasteiger partial charge in [-0.3, -0.25) is 0 Å². The molecule has 4 unspecified atom stereocenters. The first-order chi connectivity index (χ1) is 10.2. The Bertz CT molecular complexity index is 480. The van der Waals surface area contributed by atoms with Crippen molar-refractivity contribution in [3.63, 3.8) is 0 Å². The van der Waals surface area contributed by atoms with Crippen molar-refractivity contribution < 1.29 is 9.84 Å². The van der Waals surface area contributed by atoms with Crippen LogP contribution in [-0.4, -0.2) is 17.8 Å². The average Bonchev–Trinajstić information content (AvgIpc) is 2.86. The summed E-state index contributed by atoms with van der Waals surface area (Å²) in [5, 5.41) is 9.55. The number of aliphatic hydroxyl groups is 1. The Morgan fingerprint density at radius 1 is 1.29 bits per heavy atom. The van der Waals surface area contributed by atoms with Crippen molar-refractivity contribution in [1.29, 1.82) is 0 Å². The fraction of sp³-hybridized carbons (Fsp3) is 0.684. The van der Waals surface area contributed by atoms with E-state index in [1.165, 1.54) is 43.2 Å². The van der Waals surface area contributed by atoms with Crippen molar-refractivity contribution in [3.05, 3.63) is 29.3 Å². The lowest BCUT2D eigenvalue weighted by Gasteiger charge is -2.32. The Labute approximate surface area is 128 Å². The maximum Gasteiger partial charge on any atom is 0.122 e. The highest BCUT2D eigenvalue weighted by Crippen LogP contribution is 2.48. The number of aliphatic hydroxyl groups excluding tert-OH is 1. The lowest BCUT2D eigenvalue weighted by Crippen LogP contribution is -2.26. The van der Waals surface area contributed by atoms with Gasteiger partial charge in [0.25, 0.3) is 0 Å². The third kappa shape index (κ3) is 3.11. The van der Waals surface area contributed by atoms with Gasteiger partial charge in [-0.05, 0) is 87.3 Å². The Balaban J connectivity index is 1.75. The summed E-state index contributed by atoms with van der Waals surface area (Å²) in [7, 11) is 0. The highest BCUT2D eigenvalue weighted by atomic mass is 16.5. The summed E-state index contributed by atoms with van der Waals surface area (Å²) < 4.78 is 5.83. The molecule has 0 amide bonds. The molecule has 2 aliphatic carbocycles. The molecule has 1 aromatic carbocycles. The Morgan fingerprint density at radius 3 is 2.90 bits per heavy atom. The van der Waals surface area contributed by atoms with Gasteiger partial charge in [0.2, 0.25) is 0 Å². The quantitative estimate of drug-likeness (QED) is 0.888. The second-order valence-electron chi connectivity index (χ2n) is 6.92. The fourth-order valence-corrected chi connectivity index (χ4v) is 4.48. The third-order valence-electron chi connectivity index (χ3n) is 5.53. The zero-order valence-electron chi connectivity index (χ0n) is 13.3. The molecule has 0 aliphatic heterocycles. The van der Waals surface area contributed by atoms with Crippen molar-refractivity contribution in [2.75, 3.05) is 6.61 Å². The largest absolute Gasteiger partial charge is 0.494 e. The second kappa shape index (κ2) is 6.39. The Kier molecular flexibility index (Phi) is 4.54. The summed E-state index contributed by atoms with van der Waals surface area (Å²) in [6, 6.07) is 6.56. The molecule has 1 N–H and O–H groups in total. The molecule has 4 atom stereocenters. The summed E-state index contributed by atoms with van der Waals surface area (Å²) in [5.74, 6) is 3.58. The van der Waals surface area contributed by atoms with E-state index in [9.17, 15) is 5.11 Å². The number of hydrogen-bond donors (Lipinski definition) is 1. The third-order valence-corrected chi connectivity index (χ3v) is 5.53. The van der Waals surface area contributed by atoms with E-state index in [0.717, 1.165) is 36.5 Å². The molecule has 1 aromatic rings. The molecule has 0 saturated heterocycles. The normalized spacial score (nSPS) is 28.8.